The van der Waals surface area contributed by atoms with Crippen molar-refractivity contribution in [3.05, 3.63) is 64.4 Å². The van der Waals surface area contributed by atoms with E-state index in [9.17, 15) is 4.39 Å². The topological polar surface area (TPSA) is 21.3 Å². The summed E-state index contributed by atoms with van der Waals surface area (Å²) >= 11 is 6.28. The minimum absolute atomic E-state index is 0.183. The molecular formula is C17H19ClFNO. The second kappa shape index (κ2) is 7.43. The summed E-state index contributed by atoms with van der Waals surface area (Å²) in [6.07, 6.45) is 0. The molecule has 112 valence electrons. The van der Waals surface area contributed by atoms with Gasteiger partial charge in [0.1, 0.15) is 18.2 Å². The first-order valence-electron chi connectivity index (χ1n) is 7.01. The molecule has 0 bridgehead atoms. The van der Waals surface area contributed by atoms with Crippen molar-refractivity contribution in [2.75, 3.05) is 6.54 Å². The zero-order valence-corrected chi connectivity index (χ0v) is 13.0. The smallest absolute Gasteiger partial charge is 0.129 e. The van der Waals surface area contributed by atoms with Gasteiger partial charge in [-0.25, -0.2) is 4.39 Å². The molecule has 0 heterocycles. The van der Waals surface area contributed by atoms with Crippen LogP contribution >= 0.6 is 11.6 Å². The van der Waals surface area contributed by atoms with Gasteiger partial charge in [0, 0.05) is 16.6 Å². The van der Waals surface area contributed by atoms with Gasteiger partial charge < -0.3 is 10.1 Å². The Morgan fingerprint density at radius 1 is 1.24 bits per heavy atom. The van der Waals surface area contributed by atoms with E-state index in [2.05, 4.69) is 19.2 Å². The molecule has 0 aliphatic heterocycles. The van der Waals surface area contributed by atoms with Crippen LogP contribution in [0, 0.1) is 5.82 Å². The van der Waals surface area contributed by atoms with Crippen LogP contribution in [0.2, 0.25) is 5.02 Å². The number of rotatable bonds is 6. The highest BCUT2D eigenvalue weighted by molar-refractivity contribution is 6.31. The molecule has 0 fully saturated rings. The minimum Gasteiger partial charge on any atom is -0.489 e. The van der Waals surface area contributed by atoms with Gasteiger partial charge in [-0.2, -0.15) is 0 Å². The quantitative estimate of drug-likeness (QED) is 0.833. The average Bonchev–Trinajstić information content (AvgIpc) is 2.46. The third-order valence-electron chi connectivity index (χ3n) is 3.30. The zero-order valence-electron chi connectivity index (χ0n) is 12.2. The molecule has 1 atom stereocenters. The Hall–Kier alpha value is -1.58. The molecule has 0 aromatic heterocycles. The van der Waals surface area contributed by atoms with E-state index in [1.165, 1.54) is 6.07 Å². The molecule has 1 unspecified atom stereocenters. The van der Waals surface area contributed by atoms with Crippen LogP contribution in [-0.4, -0.2) is 6.54 Å². The Morgan fingerprint density at radius 3 is 2.67 bits per heavy atom. The monoisotopic (exact) mass is 307 g/mol. The summed E-state index contributed by atoms with van der Waals surface area (Å²) in [6.45, 7) is 5.18. The van der Waals surface area contributed by atoms with Crippen LogP contribution in [0.4, 0.5) is 4.39 Å². The van der Waals surface area contributed by atoms with E-state index in [1.54, 1.807) is 24.3 Å². The molecule has 1 N–H and O–H groups in total. The van der Waals surface area contributed by atoms with Gasteiger partial charge in [0.15, 0.2) is 0 Å². The fraction of sp³-hybridized carbons (Fsp3) is 0.294. The lowest BCUT2D eigenvalue weighted by atomic mass is 10.1. The lowest BCUT2D eigenvalue weighted by Gasteiger charge is -2.15. The molecule has 2 nitrogen and oxygen atoms in total. The van der Waals surface area contributed by atoms with E-state index in [-0.39, 0.29) is 18.5 Å². The molecule has 2 rings (SSSR count). The van der Waals surface area contributed by atoms with E-state index < -0.39 is 0 Å². The van der Waals surface area contributed by atoms with E-state index in [0.29, 0.717) is 16.3 Å². The molecule has 0 spiro atoms. The molecule has 2 aromatic carbocycles. The summed E-state index contributed by atoms with van der Waals surface area (Å²) in [4.78, 5) is 0. The summed E-state index contributed by atoms with van der Waals surface area (Å²) in [7, 11) is 0. The van der Waals surface area contributed by atoms with E-state index in [4.69, 9.17) is 16.3 Å². The van der Waals surface area contributed by atoms with E-state index >= 15 is 0 Å². The van der Waals surface area contributed by atoms with Crippen molar-refractivity contribution in [3.63, 3.8) is 0 Å². The average molecular weight is 308 g/mol. The van der Waals surface area contributed by atoms with Crippen LogP contribution in [-0.2, 0) is 6.61 Å². The number of ether oxygens (including phenoxy) is 1. The summed E-state index contributed by atoms with van der Waals surface area (Å²) in [5.74, 6) is 0.372. The molecule has 0 saturated carbocycles. The molecule has 0 aliphatic rings. The van der Waals surface area contributed by atoms with E-state index in [1.807, 2.05) is 12.1 Å². The predicted molar refractivity (Wildman–Crippen MR) is 84.3 cm³/mol. The Labute approximate surface area is 129 Å². The van der Waals surface area contributed by atoms with Crippen LogP contribution < -0.4 is 10.1 Å². The molecule has 21 heavy (non-hydrogen) atoms. The van der Waals surface area contributed by atoms with Crippen molar-refractivity contribution in [2.24, 2.45) is 0 Å². The van der Waals surface area contributed by atoms with Crippen molar-refractivity contribution in [3.8, 4) is 5.75 Å². The minimum atomic E-state index is -0.263. The SMILES string of the molecule is CCNC(C)c1ccc(OCc2ccccc2F)cc1Cl. The van der Waals surface area contributed by atoms with Gasteiger partial charge in [-0.05, 0) is 37.2 Å². The largest absolute Gasteiger partial charge is 0.489 e. The highest BCUT2D eigenvalue weighted by Gasteiger charge is 2.10. The number of hydrogen-bond acceptors (Lipinski definition) is 2. The number of hydrogen-bond donors (Lipinski definition) is 1. The third kappa shape index (κ3) is 4.19. The Kier molecular flexibility index (Phi) is 5.59. The Morgan fingerprint density at radius 2 is 2.00 bits per heavy atom. The third-order valence-corrected chi connectivity index (χ3v) is 3.63. The van der Waals surface area contributed by atoms with Gasteiger partial charge >= 0.3 is 0 Å². The first-order chi connectivity index (χ1) is 10.1. The van der Waals surface area contributed by atoms with Crippen molar-refractivity contribution in [1.82, 2.24) is 5.32 Å². The molecule has 4 heteroatoms. The van der Waals surface area contributed by atoms with Crippen LogP contribution in [0.25, 0.3) is 0 Å². The first kappa shape index (κ1) is 15.8. The first-order valence-corrected chi connectivity index (χ1v) is 7.38. The zero-order chi connectivity index (χ0) is 15.2. The molecule has 0 aliphatic carbocycles. The molecule has 2 aromatic rings. The molecule has 0 radical (unpaired) electrons. The van der Waals surface area contributed by atoms with E-state index in [0.717, 1.165) is 12.1 Å². The Balaban J connectivity index is 2.05. The van der Waals surface area contributed by atoms with Gasteiger partial charge in [0.05, 0.1) is 0 Å². The Bertz CT molecular complexity index is 603. The van der Waals surface area contributed by atoms with Gasteiger partial charge in [-0.1, -0.05) is 42.8 Å². The predicted octanol–water partition coefficient (Wildman–Crippen LogP) is 4.73. The van der Waals surface area contributed by atoms with Crippen LogP contribution in [0.5, 0.6) is 5.75 Å². The second-order valence-corrected chi connectivity index (χ2v) is 5.25. The standard InChI is InChI=1S/C17H19ClFNO/c1-3-20-12(2)15-9-8-14(10-16(15)18)21-11-13-6-4-5-7-17(13)19/h4-10,12,20H,3,11H2,1-2H3. The van der Waals surface area contributed by atoms with Crippen LogP contribution in [0.3, 0.4) is 0 Å². The van der Waals surface area contributed by atoms with Crippen molar-refractivity contribution >= 4 is 11.6 Å². The van der Waals surface area contributed by atoms with Gasteiger partial charge in [0.2, 0.25) is 0 Å². The van der Waals surface area contributed by atoms with Crippen molar-refractivity contribution in [1.29, 1.82) is 0 Å². The van der Waals surface area contributed by atoms with Crippen LogP contribution in [0.1, 0.15) is 31.0 Å². The lowest BCUT2D eigenvalue weighted by Crippen LogP contribution is -2.17. The summed E-state index contributed by atoms with van der Waals surface area (Å²) in [6, 6.07) is 12.3. The fourth-order valence-electron chi connectivity index (χ4n) is 2.14. The second-order valence-electron chi connectivity index (χ2n) is 4.84. The maximum atomic E-state index is 13.5. The maximum Gasteiger partial charge on any atom is 0.129 e. The molecule has 0 amide bonds. The van der Waals surface area contributed by atoms with Gasteiger partial charge in [0.25, 0.3) is 0 Å². The fourth-order valence-corrected chi connectivity index (χ4v) is 2.48. The summed E-state index contributed by atoms with van der Waals surface area (Å²) in [5, 5.41) is 3.96. The highest BCUT2D eigenvalue weighted by atomic mass is 35.5. The highest BCUT2D eigenvalue weighted by Crippen LogP contribution is 2.27. The number of benzene rings is 2. The maximum absolute atomic E-state index is 13.5. The van der Waals surface area contributed by atoms with Crippen LogP contribution in [0.15, 0.2) is 42.5 Å². The number of halogens is 2. The van der Waals surface area contributed by atoms with Crippen molar-refractivity contribution in [2.45, 2.75) is 26.5 Å². The lowest BCUT2D eigenvalue weighted by molar-refractivity contribution is 0.299. The van der Waals surface area contributed by atoms with Gasteiger partial charge in [-0.3, -0.25) is 0 Å². The number of nitrogens with one attached hydrogen (secondary N) is 1. The summed E-state index contributed by atoms with van der Waals surface area (Å²) < 4.78 is 19.1. The molecule has 0 saturated heterocycles. The normalized spacial score (nSPS) is 12.2. The van der Waals surface area contributed by atoms with Crippen molar-refractivity contribution < 1.29 is 9.13 Å². The van der Waals surface area contributed by atoms with Gasteiger partial charge in [-0.15, -0.1) is 0 Å². The summed E-state index contributed by atoms with van der Waals surface area (Å²) in [5.41, 5.74) is 1.55. The molecular weight excluding hydrogens is 289 g/mol.